The summed E-state index contributed by atoms with van der Waals surface area (Å²) in [6.07, 6.45) is 1.82. The lowest BCUT2D eigenvalue weighted by Gasteiger charge is -2.24. The van der Waals surface area contributed by atoms with E-state index in [1.165, 1.54) is 11.1 Å². The van der Waals surface area contributed by atoms with Crippen LogP contribution in [0.1, 0.15) is 35.6 Å². The first-order valence-corrected chi connectivity index (χ1v) is 13.9. The molecule has 2 aromatic carbocycles. The van der Waals surface area contributed by atoms with Crippen LogP contribution in [0, 0.1) is 18.4 Å². The Balaban J connectivity index is 2.11. The fourth-order valence-corrected chi connectivity index (χ4v) is 4.13. The maximum Gasteiger partial charge on any atom is 0.231 e. The Morgan fingerprint density at radius 3 is 2.53 bits per heavy atom. The van der Waals surface area contributed by atoms with E-state index in [0.29, 0.717) is 17.7 Å². The summed E-state index contributed by atoms with van der Waals surface area (Å²) in [5.41, 5.74) is 9.85. The van der Waals surface area contributed by atoms with E-state index in [4.69, 9.17) is 0 Å². The highest BCUT2D eigenvalue weighted by atomic mass is 28.3. The third-order valence-electron chi connectivity index (χ3n) is 5.27. The Hall–Kier alpha value is -2.90. The molecule has 0 fully saturated rings. The number of amides is 1. The minimum Gasteiger partial charge on any atom is -0.307 e. The number of nitrogens with zero attached hydrogens (tertiary/aromatic N) is 1. The van der Waals surface area contributed by atoms with Gasteiger partial charge in [-0.2, -0.15) is 0 Å². The van der Waals surface area contributed by atoms with E-state index in [-0.39, 0.29) is 12.3 Å². The van der Waals surface area contributed by atoms with Gasteiger partial charge in [-0.1, -0.05) is 68.9 Å². The topological polar surface area (TPSA) is 37.4 Å². The first kappa shape index (κ1) is 21.8. The maximum atomic E-state index is 13.2. The van der Waals surface area contributed by atoms with Crippen molar-refractivity contribution in [3.63, 3.8) is 0 Å². The fourth-order valence-electron chi connectivity index (χ4n) is 3.63. The Kier molecular flexibility index (Phi) is 6.43. The highest BCUT2D eigenvalue weighted by molar-refractivity contribution is 6.84. The summed E-state index contributed by atoms with van der Waals surface area (Å²) in [5, 5.41) is 0. The molecule has 3 nitrogen and oxygen atoms in total. The zero-order valence-corrected chi connectivity index (χ0v) is 19.5. The summed E-state index contributed by atoms with van der Waals surface area (Å²) in [7, 11) is -1.64. The summed E-state index contributed by atoms with van der Waals surface area (Å²) in [5.74, 6) is 3.19. The smallest absolute Gasteiger partial charge is 0.231 e. The van der Waals surface area contributed by atoms with E-state index < -0.39 is 8.07 Å². The molecule has 1 aliphatic rings. The number of aldehydes is 1. The number of allylic oxidation sites excluding steroid dienone is 1. The van der Waals surface area contributed by atoms with Crippen LogP contribution < -0.4 is 4.90 Å². The number of fused-ring (bicyclic) bond motifs is 1. The Morgan fingerprint density at radius 2 is 1.87 bits per heavy atom. The third kappa shape index (κ3) is 4.80. The van der Waals surface area contributed by atoms with Crippen LogP contribution >= 0.6 is 0 Å². The quantitative estimate of drug-likeness (QED) is 0.385. The van der Waals surface area contributed by atoms with Gasteiger partial charge in [-0.25, -0.2) is 0 Å². The number of hydrogen-bond donors (Lipinski definition) is 0. The molecule has 1 aliphatic heterocycles. The molecule has 30 heavy (non-hydrogen) atoms. The van der Waals surface area contributed by atoms with Crippen molar-refractivity contribution < 1.29 is 9.59 Å². The average Bonchev–Trinajstić information content (AvgIpc) is 2.82. The van der Waals surface area contributed by atoms with Crippen LogP contribution in [-0.2, 0) is 22.6 Å². The van der Waals surface area contributed by atoms with Crippen molar-refractivity contribution >= 4 is 31.5 Å². The van der Waals surface area contributed by atoms with Gasteiger partial charge in [0.1, 0.15) is 14.4 Å². The van der Waals surface area contributed by atoms with E-state index >= 15 is 0 Å². The highest BCUT2D eigenvalue weighted by Crippen LogP contribution is 2.35. The number of aryl methyl sites for hydroxylation is 2. The first-order chi connectivity index (χ1) is 14.2. The van der Waals surface area contributed by atoms with Gasteiger partial charge in [0, 0.05) is 16.7 Å². The van der Waals surface area contributed by atoms with Crippen molar-refractivity contribution in [1.29, 1.82) is 0 Å². The summed E-state index contributed by atoms with van der Waals surface area (Å²) >= 11 is 0. The number of rotatable bonds is 4. The Labute approximate surface area is 180 Å². The normalized spacial score (nSPS) is 14.0. The molecular weight excluding hydrogens is 386 g/mol. The van der Waals surface area contributed by atoms with E-state index in [1.807, 2.05) is 24.3 Å². The van der Waals surface area contributed by atoms with Gasteiger partial charge < -0.3 is 4.90 Å². The van der Waals surface area contributed by atoms with E-state index in [1.54, 1.807) is 4.90 Å². The van der Waals surface area contributed by atoms with E-state index in [0.717, 1.165) is 29.5 Å². The molecule has 0 N–H and O–H groups in total. The molecule has 0 saturated carbocycles. The number of carbonyl (C=O) groups excluding carboxylic acids is 2. The number of para-hydroxylation sites is 1. The largest absolute Gasteiger partial charge is 0.307 e. The zero-order chi connectivity index (χ0) is 21.9. The van der Waals surface area contributed by atoms with Crippen molar-refractivity contribution in [1.82, 2.24) is 0 Å². The Bertz CT molecular complexity index is 1080. The van der Waals surface area contributed by atoms with Crippen LogP contribution in [0.4, 0.5) is 5.69 Å². The van der Waals surface area contributed by atoms with Gasteiger partial charge in [0.15, 0.2) is 0 Å². The van der Waals surface area contributed by atoms with Crippen molar-refractivity contribution in [2.45, 2.75) is 52.9 Å². The predicted octanol–water partition coefficient (Wildman–Crippen LogP) is 5.33. The van der Waals surface area contributed by atoms with Gasteiger partial charge in [0.25, 0.3) is 0 Å². The number of benzene rings is 2. The van der Waals surface area contributed by atoms with Crippen LogP contribution in [0.25, 0.3) is 5.57 Å². The lowest BCUT2D eigenvalue weighted by atomic mass is 9.99. The molecule has 1 amide bonds. The van der Waals surface area contributed by atoms with Crippen LogP contribution in [0.5, 0.6) is 0 Å². The van der Waals surface area contributed by atoms with Crippen LogP contribution in [-0.4, -0.2) is 20.3 Å². The van der Waals surface area contributed by atoms with Crippen LogP contribution in [0.2, 0.25) is 19.6 Å². The van der Waals surface area contributed by atoms with Crippen molar-refractivity contribution in [2.75, 3.05) is 4.90 Å². The summed E-state index contributed by atoms with van der Waals surface area (Å²) < 4.78 is 0. The van der Waals surface area contributed by atoms with Crippen molar-refractivity contribution in [3.8, 4) is 11.5 Å². The summed E-state index contributed by atoms with van der Waals surface area (Å²) in [6.45, 7) is 11.2. The Morgan fingerprint density at radius 1 is 1.13 bits per heavy atom. The summed E-state index contributed by atoms with van der Waals surface area (Å²) in [4.78, 5) is 26.9. The fraction of sp³-hybridized carbons (Fsp3) is 0.308. The molecule has 0 bridgehead atoms. The van der Waals surface area contributed by atoms with E-state index in [2.05, 4.69) is 63.2 Å². The molecule has 0 radical (unpaired) electrons. The molecule has 2 aromatic rings. The second-order valence-corrected chi connectivity index (χ2v) is 13.6. The zero-order valence-electron chi connectivity index (χ0n) is 18.5. The molecular formula is C26H29NO2Si. The average molecular weight is 416 g/mol. The molecule has 0 spiro atoms. The van der Waals surface area contributed by atoms with Gasteiger partial charge in [0.05, 0.1) is 18.7 Å². The van der Waals surface area contributed by atoms with Crippen LogP contribution in [0.3, 0.4) is 0 Å². The maximum absolute atomic E-state index is 13.2. The van der Waals surface area contributed by atoms with Crippen molar-refractivity contribution in [3.05, 3.63) is 70.3 Å². The van der Waals surface area contributed by atoms with Gasteiger partial charge in [0.2, 0.25) is 5.91 Å². The minimum absolute atomic E-state index is 0.0698. The lowest BCUT2D eigenvalue weighted by molar-refractivity contribution is -0.118. The van der Waals surface area contributed by atoms with Gasteiger partial charge in [-0.3, -0.25) is 9.59 Å². The predicted molar refractivity (Wildman–Crippen MR) is 127 cm³/mol. The molecule has 0 unspecified atom stereocenters. The molecule has 0 atom stereocenters. The SMILES string of the molecule is CCc1cc(CN2C(=O)CC(C=O)=C(C#C[Si](C)(C)C)c3ccccc32)ccc1C. The van der Waals surface area contributed by atoms with Gasteiger partial charge >= 0.3 is 0 Å². The van der Waals surface area contributed by atoms with Crippen molar-refractivity contribution in [2.24, 2.45) is 0 Å². The molecule has 154 valence electrons. The first-order valence-electron chi connectivity index (χ1n) is 10.4. The second-order valence-electron chi connectivity index (χ2n) is 8.81. The van der Waals surface area contributed by atoms with Gasteiger partial charge in [-0.05, 0) is 36.1 Å². The number of carbonyl (C=O) groups is 2. The summed E-state index contributed by atoms with van der Waals surface area (Å²) in [6, 6.07) is 14.2. The monoisotopic (exact) mass is 415 g/mol. The molecule has 0 aromatic heterocycles. The third-order valence-corrected chi connectivity index (χ3v) is 6.14. The second kappa shape index (κ2) is 8.85. The van der Waals surface area contributed by atoms with Crippen LogP contribution in [0.15, 0.2) is 48.0 Å². The number of hydrogen-bond acceptors (Lipinski definition) is 2. The molecule has 0 saturated heterocycles. The molecule has 1 heterocycles. The standard InChI is InChI=1S/C26H29NO2Si/c1-6-21-15-20(12-11-19(21)2)17-27-25-10-8-7-9-24(25)23(13-14-30(3,4)5)22(18-28)16-26(27)29/h7-12,15,18H,6,16-17H2,1-5H3. The highest BCUT2D eigenvalue weighted by Gasteiger charge is 2.27. The molecule has 3 rings (SSSR count). The lowest BCUT2D eigenvalue weighted by Crippen LogP contribution is -2.30. The van der Waals surface area contributed by atoms with Gasteiger partial charge in [-0.15, -0.1) is 5.54 Å². The van der Waals surface area contributed by atoms with E-state index in [9.17, 15) is 9.59 Å². The molecule has 4 heteroatoms. The molecule has 0 aliphatic carbocycles. The minimum atomic E-state index is -1.64. The number of anilines is 1.